The molecule has 1 amide bonds. The van der Waals surface area contributed by atoms with Gasteiger partial charge in [0.1, 0.15) is 17.4 Å². The van der Waals surface area contributed by atoms with Crippen LogP contribution in [0.5, 0.6) is 0 Å². The molecule has 25 heavy (non-hydrogen) atoms. The lowest BCUT2D eigenvalue weighted by atomic mass is 10.3. The fraction of sp³-hybridized carbons (Fsp3) is 0.167. The number of nitrogens with one attached hydrogen (secondary N) is 1. The molecule has 2 aromatic heterocycles. The smallest absolute Gasteiger partial charge is 0.238 e. The van der Waals surface area contributed by atoms with Crippen molar-refractivity contribution in [2.75, 3.05) is 11.9 Å². The van der Waals surface area contributed by atoms with E-state index in [4.69, 9.17) is 4.42 Å². The van der Waals surface area contributed by atoms with Gasteiger partial charge in [0.2, 0.25) is 5.91 Å². The molecule has 0 aliphatic heterocycles. The first-order valence-corrected chi connectivity index (χ1v) is 8.50. The lowest BCUT2D eigenvalue weighted by Gasteiger charge is -2.20. The van der Waals surface area contributed by atoms with E-state index < -0.39 is 17.5 Å². The van der Waals surface area contributed by atoms with E-state index in [2.05, 4.69) is 5.32 Å². The fourth-order valence-corrected chi connectivity index (χ4v) is 3.15. The third kappa shape index (κ3) is 4.98. The maximum Gasteiger partial charge on any atom is 0.238 e. The van der Waals surface area contributed by atoms with Gasteiger partial charge in [0, 0.05) is 17.5 Å². The van der Waals surface area contributed by atoms with Crippen LogP contribution in [-0.4, -0.2) is 17.4 Å². The second-order valence-corrected chi connectivity index (χ2v) is 6.51. The molecule has 2 heterocycles. The quantitative estimate of drug-likeness (QED) is 0.683. The van der Waals surface area contributed by atoms with E-state index in [-0.39, 0.29) is 12.2 Å². The second kappa shape index (κ2) is 8.04. The summed E-state index contributed by atoms with van der Waals surface area (Å²) in [6.07, 6.45) is 1.57. The average Bonchev–Trinajstić information content (AvgIpc) is 3.25. The number of hydrogen-bond acceptors (Lipinski definition) is 4. The van der Waals surface area contributed by atoms with E-state index in [0.29, 0.717) is 13.1 Å². The highest BCUT2D eigenvalue weighted by Gasteiger charge is 2.15. The Kier molecular flexibility index (Phi) is 5.57. The summed E-state index contributed by atoms with van der Waals surface area (Å²) in [4.78, 5) is 15.2. The van der Waals surface area contributed by atoms with Crippen LogP contribution >= 0.6 is 11.3 Å². The third-order valence-electron chi connectivity index (χ3n) is 3.49. The molecular weight excluding hydrogens is 346 g/mol. The number of carbonyl (C=O) groups is 1. The summed E-state index contributed by atoms with van der Waals surface area (Å²) in [6.45, 7) is 1.01. The van der Waals surface area contributed by atoms with Crippen molar-refractivity contribution in [3.8, 4) is 0 Å². The Morgan fingerprint density at radius 3 is 2.76 bits per heavy atom. The molecule has 4 nitrogen and oxygen atoms in total. The Labute approximate surface area is 147 Å². The molecule has 0 unspecified atom stereocenters. The number of nitrogens with zero attached hydrogens (tertiary/aromatic N) is 1. The maximum atomic E-state index is 13.7. The summed E-state index contributed by atoms with van der Waals surface area (Å²) in [5, 5.41) is 4.38. The van der Waals surface area contributed by atoms with Crippen LogP contribution in [0.1, 0.15) is 10.6 Å². The predicted molar refractivity (Wildman–Crippen MR) is 92.1 cm³/mol. The van der Waals surface area contributed by atoms with Gasteiger partial charge in [-0.15, -0.1) is 11.3 Å². The zero-order valence-corrected chi connectivity index (χ0v) is 14.1. The Bertz CT molecular complexity index is 783. The minimum Gasteiger partial charge on any atom is -0.468 e. The van der Waals surface area contributed by atoms with E-state index >= 15 is 0 Å². The van der Waals surface area contributed by atoms with Crippen LogP contribution in [0.3, 0.4) is 0 Å². The summed E-state index contributed by atoms with van der Waals surface area (Å²) in [7, 11) is 0. The summed E-state index contributed by atoms with van der Waals surface area (Å²) >= 11 is 1.59. The molecule has 0 aliphatic carbocycles. The first-order valence-electron chi connectivity index (χ1n) is 7.62. The van der Waals surface area contributed by atoms with E-state index in [9.17, 15) is 13.6 Å². The van der Waals surface area contributed by atoms with E-state index in [1.54, 1.807) is 23.7 Å². The Balaban J connectivity index is 1.67. The lowest BCUT2D eigenvalue weighted by molar-refractivity contribution is -0.117. The molecule has 0 saturated carbocycles. The molecule has 3 rings (SSSR count). The van der Waals surface area contributed by atoms with Gasteiger partial charge in [0.15, 0.2) is 0 Å². The Morgan fingerprint density at radius 1 is 1.16 bits per heavy atom. The highest BCUT2D eigenvalue weighted by atomic mass is 32.1. The van der Waals surface area contributed by atoms with E-state index in [0.717, 1.165) is 28.8 Å². The lowest BCUT2D eigenvalue weighted by Crippen LogP contribution is -2.32. The maximum absolute atomic E-state index is 13.7. The molecule has 1 N–H and O–H groups in total. The van der Waals surface area contributed by atoms with Gasteiger partial charge in [-0.2, -0.15) is 0 Å². The monoisotopic (exact) mass is 362 g/mol. The number of thiophene rings is 1. The SMILES string of the molecule is O=C(CN(Cc1ccco1)Cc1cccs1)Nc1cc(F)ccc1F. The number of rotatable bonds is 7. The molecule has 0 radical (unpaired) electrons. The summed E-state index contributed by atoms with van der Waals surface area (Å²) < 4.78 is 32.2. The van der Waals surface area contributed by atoms with Crippen molar-refractivity contribution in [3.05, 3.63) is 76.4 Å². The molecule has 0 fully saturated rings. The molecule has 7 heteroatoms. The highest BCUT2D eigenvalue weighted by Crippen LogP contribution is 2.17. The van der Waals surface area contributed by atoms with Gasteiger partial charge >= 0.3 is 0 Å². The highest BCUT2D eigenvalue weighted by molar-refractivity contribution is 7.09. The summed E-state index contributed by atoms with van der Waals surface area (Å²) in [5.41, 5.74) is -0.168. The van der Waals surface area contributed by atoms with Crippen molar-refractivity contribution in [1.82, 2.24) is 4.90 Å². The molecule has 3 aromatic rings. The number of halogens is 2. The first-order chi connectivity index (χ1) is 12.1. The number of carbonyl (C=O) groups excluding carboxylic acids is 1. The largest absolute Gasteiger partial charge is 0.468 e. The fourth-order valence-electron chi connectivity index (χ4n) is 2.40. The molecule has 0 bridgehead atoms. The number of benzene rings is 1. The van der Waals surface area contributed by atoms with Gasteiger partial charge in [0.05, 0.1) is 25.0 Å². The zero-order chi connectivity index (χ0) is 17.6. The van der Waals surface area contributed by atoms with Crippen LogP contribution in [0.4, 0.5) is 14.5 Å². The number of hydrogen-bond donors (Lipinski definition) is 1. The van der Waals surface area contributed by atoms with Gasteiger partial charge in [-0.25, -0.2) is 8.78 Å². The van der Waals surface area contributed by atoms with Gasteiger partial charge in [0.25, 0.3) is 0 Å². The molecule has 0 saturated heterocycles. The second-order valence-electron chi connectivity index (χ2n) is 5.48. The molecular formula is C18H16F2N2O2S. The van der Waals surface area contributed by atoms with Crippen LogP contribution in [0.15, 0.2) is 58.5 Å². The van der Waals surface area contributed by atoms with Crippen molar-refractivity contribution >= 4 is 22.9 Å². The van der Waals surface area contributed by atoms with Crippen LogP contribution in [0, 0.1) is 11.6 Å². The van der Waals surface area contributed by atoms with Gasteiger partial charge < -0.3 is 9.73 Å². The average molecular weight is 362 g/mol. The van der Waals surface area contributed by atoms with Crippen molar-refractivity contribution < 1.29 is 18.0 Å². The standard InChI is InChI=1S/C18H16F2N2O2S/c19-13-5-6-16(20)17(9-13)21-18(23)12-22(10-14-3-1-7-24-14)11-15-4-2-8-25-15/h1-9H,10-12H2,(H,21,23). The molecule has 130 valence electrons. The zero-order valence-electron chi connectivity index (χ0n) is 13.2. The van der Waals surface area contributed by atoms with Crippen LogP contribution in [0.2, 0.25) is 0 Å². The van der Waals surface area contributed by atoms with Crippen LogP contribution in [0.25, 0.3) is 0 Å². The number of amides is 1. The molecule has 0 atom stereocenters. The molecule has 0 spiro atoms. The summed E-state index contributed by atoms with van der Waals surface area (Å²) in [5.74, 6) is -0.984. The normalized spacial score (nSPS) is 11.0. The minimum atomic E-state index is -0.675. The predicted octanol–water partition coefficient (Wildman–Crippen LogP) is 4.26. The van der Waals surface area contributed by atoms with Gasteiger partial charge in [-0.1, -0.05) is 6.07 Å². The number of furan rings is 1. The van der Waals surface area contributed by atoms with Crippen LogP contribution < -0.4 is 5.32 Å². The third-order valence-corrected chi connectivity index (χ3v) is 4.35. The van der Waals surface area contributed by atoms with E-state index in [1.165, 1.54) is 0 Å². The Hall–Kier alpha value is -2.51. The van der Waals surface area contributed by atoms with Crippen molar-refractivity contribution in [3.63, 3.8) is 0 Å². The first kappa shape index (κ1) is 17.3. The van der Waals surface area contributed by atoms with E-state index in [1.807, 2.05) is 28.5 Å². The molecule has 0 aliphatic rings. The van der Waals surface area contributed by atoms with Crippen molar-refractivity contribution in [2.45, 2.75) is 13.1 Å². The summed E-state index contributed by atoms with van der Waals surface area (Å²) in [6, 6.07) is 10.5. The van der Waals surface area contributed by atoms with Crippen LogP contribution in [-0.2, 0) is 17.9 Å². The Morgan fingerprint density at radius 2 is 2.04 bits per heavy atom. The minimum absolute atomic E-state index is 0.0224. The van der Waals surface area contributed by atoms with Gasteiger partial charge in [-0.3, -0.25) is 9.69 Å². The van der Waals surface area contributed by atoms with Crippen molar-refractivity contribution in [2.24, 2.45) is 0 Å². The topological polar surface area (TPSA) is 45.5 Å². The number of anilines is 1. The van der Waals surface area contributed by atoms with Gasteiger partial charge in [-0.05, 0) is 35.7 Å². The molecule has 1 aromatic carbocycles. The van der Waals surface area contributed by atoms with Crippen molar-refractivity contribution in [1.29, 1.82) is 0 Å².